The number of aromatic nitrogens is 4. The van der Waals surface area contributed by atoms with Crippen molar-refractivity contribution < 1.29 is 23.8 Å². The number of carbonyl (C=O) groups is 1. The van der Waals surface area contributed by atoms with E-state index < -0.39 is 17.5 Å². The van der Waals surface area contributed by atoms with Crippen molar-refractivity contribution in [3.63, 3.8) is 0 Å². The lowest BCUT2D eigenvalue weighted by Crippen LogP contribution is -2.14. The van der Waals surface area contributed by atoms with Gasteiger partial charge in [0, 0.05) is 6.07 Å². The highest BCUT2D eigenvalue weighted by atomic mass is 19.1. The van der Waals surface area contributed by atoms with E-state index in [1.54, 1.807) is 12.1 Å². The number of hydrogen-bond donors (Lipinski definition) is 2. The summed E-state index contributed by atoms with van der Waals surface area (Å²) in [5.74, 6) is -0.453. The van der Waals surface area contributed by atoms with Gasteiger partial charge in [0.25, 0.3) is 5.56 Å². The Morgan fingerprint density at radius 2 is 1.97 bits per heavy atom. The van der Waals surface area contributed by atoms with Crippen LogP contribution in [0.3, 0.4) is 0 Å². The van der Waals surface area contributed by atoms with Gasteiger partial charge in [-0.1, -0.05) is 6.07 Å². The van der Waals surface area contributed by atoms with Crippen LogP contribution >= 0.6 is 0 Å². The van der Waals surface area contributed by atoms with Gasteiger partial charge in [0.1, 0.15) is 5.75 Å². The summed E-state index contributed by atoms with van der Waals surface area (Å²) in [5, 5.41) is 12.6. The number of carboxylic acid groups (broad SMARTS) is 1. The molecule has 2 heterocycles. The highest BCUT2D eigenvalue weighted by Crippen LogP contribution is 2.28. The van der Waals surface area contributed by atoms with E-state index in [2.05, 4.69) is 19.8 Å². The summed E-state index contributed by atoms with van der Waals surface area (Å²) in [7, 11) is 0. The largest absolute Gasteiger partial charge is 0.511 e. The molecule has 0 atom stereocenters. The first kappa shape index (κ1) is 19.1. The maximum Gasteiger partial charge on any atom is 0.511 e. The van der Waals surface area contributed by atoms with Crippen molar-refractivity contribution in [1.29, 1.82) is 0 Å². The summed E-state index contributed by atoms with van der Waals surface area (Å²) in [4.78, 5) is 29.8. The number of aromatic amines is 1. The molecule has 0 fully saturated rings. The Kier molecular flexibility index (Phi) is 4.66. The molecule has 2 aromatic heterocycles. The number of benzene rings is 2. The number of nitrogens with one attached hydrogen (secondary N) is 1. The molecule has 4 rings (SSSR count). The van der Waals surface area contributed by atoms with Crippen molar-refractivity contribution in [2.45, 2.75) is 13.8 Å². The molecule has 0 bridgehead atoms. The minimum Gasteiger partial charge on any atom is -0.454 e. The Labute approximate surface area is 168 Å². The zero-order valence-corrected chi connectivity index (χ0v) is 15.8. The van der Waals surface area contributed by atoms with Crippen molar-refractivity contribution in [3.05, 3.63) is 70.0 Å². The van der Waals surface area contributed by atoms with E-state index in [4.69, 9.17) is 9.84 Å². The lowest BCUT2D eigenvalue weighted by atomic mass is 10.1. The van der Waals surface area contributed by atoms with Crippen molar-refractivity contribution >= 4 is 17.1 Å². The predicted octanol–water partition coefficient (Wildman–Crippen LogP) is 3.71. The van der Waals surface area contributed by atoms with Crippen LogP contribution < -0.4 is 15.0 Å². The Hall–Kier alpha value is -4.21. The van der Waals surface area contributed by atoms with Crippen molar-refractivity contribution in [1.82, 2.24) is 19.7 Å². The maximum atomic E-state index is 14.6. The van der Waals surface area contributed by atoms with E-state index in [1.807, 2.05) is 19.9 Å². The van der Waals surface area contributed by atoms with E-state index in [-0.39, 0.29) is 28.4 Å². The van der Waals surface area contributed by atoms with Gasteiger partial charge in [-0.05, 0) is 43.2 Å². The normalized spacial score (nSPS) is 10.9. The van der Waals surface area contributed by atoms with Gasteiger partial charge in [0.15, 0.2) is 17.3 Å². The second kappa shape index (κ2) is 7.32. The van der Waals surface area contributed by atoms with Gasteiger partial charge >= 0.3 is 6.16 Å². The van der Waals surface area contributed by atoms with Crippen LogP contribution in [0.5, 0.6) is 17.2 Å². The molecule has 0 spiro atoms. The first-order valence-corrected chi connectivity index (χ1v) is 8.74. The van der Waals surface area contributed by atoms with Gasteiger partial charge in [-0.2, -0.15) is 5.10 Å². The molecule has 4 aromatic rings. The molecule has 10 heteroatoms. The zero-order valence-electron chi connectivity index (χ0n) is 15.8. The molecule has 0 saturated heterocycles. The topological polar surface area (TPSA) is 119 Å². The summed E-state index contributed by atoms with van der Waals surface area (Å²) < 4.78 is 25.8. The minimum absolute atomic E-state index is 0.0324. The molecule has 0 saturated carbocycles. The number of fused-ring (bicyclic) bond motifs is 1. The lowest BCUT2D eigenvalue weighted by Gasteiger charge is -2.10. The molecule has 2 N–H and O–H groups in total. The Morgan fingerprint density at radius 3 is 2.70 bits per heavy atom. The van der Waals surface area contributed by atoms with Crippen molar-refractivity contribution in [2.75, 3.05) is 0 Å². The standard InChI is InChI=1S/C20H15FN4O5/c1-10-3-4-12(5-11(10)2)29-17-6-14-16(7-15(17)21)23-19(24-18(14)26)25-9-13(8-22-25)30-20(27)28/h3-9H,1-2H3,(H,27,28)(H,23,24,26). The number of rotatable bonds is 4. The van der Waals surface area contributed by atoms with Crippen molar-refractivity contribution in [2.24, 2.45) is 0 Å². The molecule has 0 radical (unpaired) electrons. The molecule has 0 unspecified atom stereocenters. The molecule has 0 aliphatic rings. The van der Waals surface area contributed by atoms with E-state index in [0.29, 0.717) is 5.75 Å². The first-order chi connectivity index (χ1) is 14.3. The average molecular weight is 410 g/mol. The highest BCUT2D eigenvalue weighted by Gasteiger charge is 2.14. The summed E-state index contributed by atoms with van der Waals surface area (Å²) in [5.41, 5.74) is 1.60. The summed E-state index contributed by atoms with van der Waals surface area (Å²) in [6.45, 7) is 3.87. The Bertz CT molecular complexity index is 1350. The molecule has 152 valence electrons. The number of halogens is 1. The van der Waals surface area contributed by atoms with E-state index in [0.717, 1.165) is 28.1 Å². The molecule has 0 aliphatic heterocycles. The number of aryl methyl sites for hydroxylation is 2. The van der Waals surface area contributed by atoms with E-state index in [1.165, 1.54) is 12.3 Å². The third kappa shape index (κ3) is 3.70. The third-order valence-electron chi connectivity index (χ3n) is 4.43. The lowest BCUT2D eigenvalue weighted by molar-refractivity contribution is 0.144. The Morgan fingerprint density at radius 1 is 1.17 bits per heavy atom. The smallest absolute Gasteiger partial charge is 0.454 e. The molecule has 30 heavy (non-hydrogen) atoms. The summed E-state index contributed by atoms with van der Waals surface area (Å²) >= 11 is 0. The van der Waals surface area contributed by atoms with Crippen LogP contribution in [0.4, 0.5) is 9.18 Å². The molecular formula is C20H15FN4O5. The van der Waals surface area contributed by atoms with Gasteiger partial charge in [0.05, 0.1) is 23.3 Å². The fourth-order valence-electron chi connectivity index (χ4n) is 2.79. The molecule has 0 amide bonds. The first-order valence-electron chi connectivity index (χ1n) is 8.74. The summed E-state index contributed by atoms with van der Waals surface area (Å²) in [6, 6.07) is 7.71. The number of H-pyrrole nitrogens is 1. The quantitative estimate of drug-likeness (QED) is 0.492. The Balaban J connectivity index is 1.71. The van der Waals surface area contributed by atoms with Gasteiger partial charge in [-0.25, -0.2) is 18.9 Å². The molecule has 2 aromatic carbocycles. The van der Waals surface area contributed by atoms with Crippen LogP contribution in [0.1, 0.15) is 11.1 Å². The van der Waals surface area contributed by atoms with Crippen LogP contribution in [-0.4, -0.2) is 31.0 Å². The highest BCUT2D eigenvalue weighted by molar-refractivity contribution is 5.80. The molecule has 0 aliphatic carbocycles. The number of ether oxygens (including phenoxy) is 2. The zero-order chi connectivity index (χ0) is 21.4. The summed E-state index contributed by atoms with van der Waals surface area (Å²) in [6.07, 6.45) is 0.846. The second-order valence-corrected chi connectivity index (χ2v) is 6.53. The minimum atomic E-state index is -1.51. The fourth-order valence-corrected chi connectivity index (χ4v) is 2.79. The fraction of sp³-hybridized carbons (Fsp3) is 0.100. The monoisotopic (exact) mass is 410 g/mol. The van der Waals surface area contributed by atoms with Crippen LogP contribution in [0, 0.1) is 19.7 Å². The van der Waals surface area contributed by atoms with Gasteiger partial charge in [-0.3, -0.25) is 9.78 Å². The molecule has 9 nitrogen and oxygen atoms in total. The third-order valence-corrected chi connectivity index (χ3v) is 4.43. The average Bonchev–Trinajstić information content (AvgIpc) is 3.13. The van der Waals surface area contributed by atoms with Crippen molar-refractivity contribution in [3.8, 4) is 23.2 Å². The second-order valence-electron chi connectivity index (χ2n) is 6.53. The maximum absolute atomic E-state index is 14.6. The van der Waals surface area contributed by atoms with Crippen LogP contribution in [-0.2, 0) is 0 Å². The van der Waals surface area contributed by atoms with Crippen LogP contribution in [0.15, 0.2) is 47.5 Å². The van der Waals surface area contributed by atoms with Gasteiger partial charge in [0.2, 0.25) is 5.95 Å². The van der Waals surface area contributed by atoms with E-state index >= 15 is 0 Å². The van der Waals surface area contributed by atoms with E-state index in [9.17, 15) is 14.0 Å². The SMILES string of the molecule is Cc1ccc(Oc2cc3c(=O)[nH]c(-n4cc(OC(=O)O)cn4)nc3cc2F)cc1C. The van der Waals surface area contributed by atoms with Gasteiger partial charge < -0.3 is 14.6 Å². The number of hydrogen-bond acceptors (Lipinski definition) is 6. The predicted molar refractivity (Wildman–Crippen MR) is 104 cm³/mol. The molecular weight excluding hydrogens is 395 g/mol. The van der Waals surface area contributed by atoms with Crippen LogP contribution in [0.25, 0.3) is 16.9 Å². The van der Waals surface area contributed by atoms with Crippen LogP contribution in [0.2, 0.25) is 0 Å². The number of nitrogens with zero attached hydrogens (tertiary/aromatic N) is 3. The van der Waals surface area contributed by atoms with Gasteiger partial charge in [-0.15, -0.1) is 0 Å².